The van der Waals surface area contributed by atoms with Gasteiger partial charge in [0.15, 0.2) is 0 Å². The van der Waals surface area contributed by atoms with Crippen LogP contribution in [-0.4, -0.2) is 12.6 Å². The summed E-state index contributed by atoms with van der Waals surface area (Å²) >= 11 is 11.9. The SMILES string of the molecule is C#CC(CC)NCCc1ccc(Cl)cc1Cl. The third kappa shape index (κ3) is 4.06. The molecule has 0 bridgehead atoms. The summed E-state index contributed by atoms with van der Waals surface area (Å²) in [4.78, 5) is 0. The van der Waals surface area contributed by atoms with Gasteiger partial charge >= 0.3 is 0 Å². The molecule has 0 aromatic heterocycles. The number of hydrogen-bond donors (Lipinski definition) is 1. The highest BCUT2D eigenvalue weighted by Crippen LogP contribution is 2.21. The van der Waals surface area contributed by atoms with Gasteiger partial charge in [0.1, 0.15) is 0 Å². The molecule has 0 radical (unpaired) electrons. The van der Waals surface area contributed by atoms with Gasteiger partial charge in [0.05, 0.1) is 6.04 Å². The molecule has 0 heterocycles. The number of terminal acetylenes is 1. The molecule has 3 heteroatoms. The van der Waals surface area contributed by atoms with Crippen molar-refractivity contribution in [1.82, 2.24) is 5.32 Å². The minimum absolute atomic E-state index is 0.145. The van der Waals surface area contributed by atoms with E-state index in [4.69, 9.17) is 29.6 Å². The lowest BCUT2D eigenvalue weighted by Crippen LogP contribution is -2.28. The largest absolute Gasteiger partial charge is 0.303 e. The van der Waals surface area contributed by atoms with Gasteiger partial charge in [-0.05, 0) is 30.5 Å². The number of nitrogens with one attached hydrogen (secondary N) is 1. The maximum atomic E-state index is 6.06. The van der Waals surface area contributed by atoms with Gasteiger partial charge in [-0.3, -0.25) is 0 Å². The first-order chi connectivity index (χ1) is 7.67. The maximum absolute atomic E-state index is 6.06. The molecule has 0 aliphatic rings. The normalized spacial score (nSPS) is 12.1. The topological polar surface area (TPSA) is 12.0 Å². The average Bonchev–Trinajstić information content (AvgIpc) is 2.27. The Kier molecular flexibility index (Phi) is 5.69. The molecule has 0 saturated heterocycles. The van der Waals surface area contributed by atoms with Crippen LogP contribution in [0.1, 0.15) is 18.9 Å². The van der Waals surface area contributed by atoms with Crippen LogP contribution in [0.25, 0.3) is 0 Å². The molecular weight excluding hydrogens is 241 g/mol. The molecule has 0 fully saturated rings. The highest BCUT2D eigenvalue weighted by Gasteiger charge is 2.03. The van der Waals surface area contributed by atoms with Crippen molar-refractivity contribution in [2.75, 3.05) is 6.54 Å². The van der Waals surface area contributed by atoms with Crippen molar-refractivity contribution in [2.24, 2.45) is 0 Å². The third-order valence-electron chi connectivity index (χ3n) is 2.41. The molecule has 0 amide bonds. The Labute approximate surface area is 107 Å². The van der Waals surface area contributed by atoms with Gasteiger partial charge in [0, 0.05) is 16.6 Å². The standard InChI is InChI=1S/C13H15Cl2N/c1-3-12(4-2)16-8-7-10-5-6-11(14)9-13(10)15/h1,5-6,9,12,16H,4,7-8H2,2H3. The monoisotopic (exact) mass is 255 g/mol. The number of rotatable bonds is 5. The summed E-state index contributed by atoms with van der Waals surface area (Å²) in [6.07, 6.45) is 7.15. The lowest BCUT2D eigenvalue weighted by molar-refractivity contribution is 0.594. The van der Waals surface area contributed by atoms with Gasteiger partial charge in [0.2, 0.25) is 0 Å². The van der Waals surface area contributed by atoms with Crippen molar-refractivity contribution in [2.45, 2.75) is 25.8 Å². The summed E-state index contributed by atoms with van der Waals surface area (Å²) in [5, 5.41) is 4.66. The lowest BCUT2D eigenvalue weighted by atomic mass is 10.1. The zero-order valence-electron chi connectivity index (χ0n) is 9.26. The zero-order chi connectivity index (χ0) is 12.0. The Morgan fingerprint density at radius 3 is 2.75 bits per heavy atom. The van der Waals surface area contributed by atoms with Gasteiger partial charge in [-0.2, -0.15) is 0 Å². The second-order valence-electron chi connectivity index (χ2n) is 3.57. The van der Waals surface area contributed by atoms with E-state index < -0.39 is 0 Å². The van der Waals surface area contributed by atoms with Gasteiger partial charge in [-0.1, -0.05) is 42.1 Å². The maximum Gasteiger partial charge on any atom is 0.0684 e. The molecule has 1 N–H and O–H groups in total. The Morgan fingerprint density at radius 1 is 1.44 bits per heavy atom. The fraction of sp³-hybridized carbons (Fsp3) is 0.385. The minimum atomic E-state index is 0.145. The van der Waals surface area contributed by atoms with Gasteiger partial charge in [-0.25, -0.2) is 0 Å². The van der Waals surface area contributed by atoms with Crippen LogP contribution in [0.5, 0.6) is 0 Å². The van der Waals surface area contributed by atoms with E-state index in [-0.39, 0.29) is 6.04 Å². The number of benzene rings is 1. The highest BCUT2D eigenvalue weighted by atomic mass is 35.5. The molecule has 1 nitrogen and oxygen atoms in total. The van der Waals surface area contributed by atoms with Crippen molar-refractivity contribution in [1.29, 1.82) is 0 Å². The fourth-order valence-electron chi connectivity index (χ4n) is 1.43. The molecule has 1 unspecified atom stereocenters. The predicted octanol–water partition coefficient (Wildman–Crippen LogP) is 3.54. The molecule has 16 heavy (non-hydrogen) atoms. The molecule has 86 valence electrons. The van der Waals surface area contributed by atoms with E-state index in [1.807, 2.05) is 12.1 Å². The molecule has 0 saturated carbocycles. The van der Waals surface area contributed by atoms with Crippen LogP contribution in [-0.2, 0) is 6.42 Å². The van der Waals surface area contributed by atoms with E-state index in [0.717, 1.165) is 24.9 Å². The van der Waals surface area contributed by atoms with Crippen LogP contribution in [0.4, 0.5) is 0 Å². The van der Waals surface area contributed by atoms with Crippen LogP contribution in [0.15, 0.2) is 18.2 Å². The summed E-state index contributed by atoms with van der Waals surface area (Å²) in [6.45, 7) is 2.89. The molecule has 0 aliphatic carbocycles. The number of halogens is 2. The van der Waals surface area contributed by atoms with E-state index in [9.17, 15) is 0 Å². The molecule has 0 aliphatic heterocycles. The number of hydrogen-bond acceptors (Lipinski definition) is 1. The molecule has 1 aromatic carbocycles. The second-order valence-corrected chi connectivity index (χ2v) is 4.41. The summed E-state index contributed by atoms with van der Waals surface area (Å²) in [7, 11) is 0. The second kappa shape index (κ2) is 6.81. The van der Waals surface area contributed by atoms with E-state index in [1.165, 1.54) is 0 Å². The zero-order valence-corrected chi connectivity index (χ0v) is 10.8. The van der Waals surface area contributed by atoms with Crippen molar-refractivity contribution in [3.05, 3.63) is 33.8 Å². The van der Waals surface area contributed by atoms with Crippen LogP contribution in [0, 0.1) is 12.3 Å². The summed E-state index contributed by atoms with van der Waals surface area (Å²) in [5.74, 6) is 2.70. The fourth-order valence-corrected chi connectivity index (χ4v) is 1.93. The average molecular weight is 256 g/mol. The van der Waals surface area contributed by atoms with Crippen molar-refractivity contribution in [3.8, 4) is 12.3 Å². The summed E-state index contributed by atoms with van der Waals surface area (Å²) < 4.78 is 0. The van der Waals surface area contributed by atoms with E-state index in [1.54, 1.807) is 6.07 Å². The quantitative estimate of drug-likeness (QED) is 0.794. The van der Waals surface area contributed by atoms with Crippen LogP contribution < -0.4 is 5.32 Å². The molecule has 1 atom stereocenters. The van der Waals surface area contributed by atoms with Crippen molar-refractivity contribution in [3.63, 3.8) is 0 Å². The Balaban J connectivity index is 2.46. The van der Waals surface area contributed by atoms with E-state index in [2.05, 4.69) is 18.2 Å². The summed E-state index contributed by atoms with van der Waals surface area (Å²) in [6, 6.07) is 5.70. The van der Waals surface area contributed by atoms with Gasteiger partial charge in [-0.15, -0.1) is 6.42 Å². The molecular formula is C13H15Cl2N. The lowest BCUT2D eigenvalue weighted by Gasteiger charge is -2.11. The Hall–Kier alpha value is -0.680. The van der Waals surface area contributed by atoms with Crippen molar-refractivity contribution >= 4 is 23.2 Å². The molecule has 1 aromatic rings. The third-order valence-corrected chi connectivity index (χ3v) is 3.00. The Morgan fingerprint density at radius 2 is 2.19 bits per heavy atom. The first-order valence-electron chi connectivity index (χ1n) is 5.30. The highest BCUT2D eigenvalue weighted by molar-refractivity contribution is 6.35. The van der Waals surface area contributed by atoms with Gasteiger partial charge in [0.25, 0.3) is 0 Å². The van der Waals surface area contributed by atoms with Crippen LogP contribution in [0.3, 0.4) is 0 Å². The van der Waals surface area contributed by atoms with Crippen molar-refractivity contribution < 1.29 is 0 Å². The molecule has 0 spiro atoms. The summed E-state index contributed by atoms with van der Waals surface area (Å²) in [5.41, 5.74) is 1.09. The van der Waals surface area contributed by atoms with E-state index >= 15 is 0 Å². The van der Waals surface area contributed by atoms with E-state index in [0.29, 0.717) is 10.0 Å². The minimum Gasteiger partial charge on any atom is -0.303 e. The Bertz CT molecular complexity index is 382. The van der Waals surface area contributed by atoms with Gasteiger partial charge < -0.3 is 5.32 Å². The predicted molar refractivity (Wildman–Crippen MR) is 71.1 cm³/mol. The van der Waals surface area contributed by atoms with Crippen LogP contribution in [0.2, 0.25) is 10.0 Å². The first kappa shape index (κ1) is 13.4. The molecule has 1 rings (SSSR count). The van der Waals surface area contributed by atoms with Crippen LogP contribution >= 0.6 is 23.2 Å². The smallest absolute Gasteiger partial charge is 0.0684 e. The first-order valence-corrected chi connectivity index (χ1v) is 6.06.